The minimum absolute atomic E-state index is 0.0195. The fourth-order valence-corrected chi connectivity index (χ4v) is 3.33. The molecule has 6 nitrogen and oxygen atoms in total. The van der Waals surface area contributed by atoms with Crippen LogP contribution in [0.25, 0.3) is 0 Å². The van der Waals surface area contributed by atoms with Crippen molar-refractivity contribution in [3.8, 4) is 0 Å². The summed E-state index contributed by atoms with van der Waals surface area (Å²) in [5.74, 6) is -0.0420. The number of carbonyl (C=O) groups is 3. The molecule has 28 heavy (non-hydrogen) atoms. The molecule has 3 amide bonds. The van der Waals surface area contributed by atoms with E-state index < -0.39 is 6.04 Å². The molecule has 0 bridgehead atoms. The van der Waals surface area contributed by atoms with Gasteiger partial charge in [0.25, 0.3) is 5.91 Å². The van der Waals surface area contributed by atoms with Gasteiger partial charge in [-0.2, -0.15) is 0 Å². The Balaban J connectivity index is 2.01. The lowest BCUT2D eigenvalue weighted by Crippen LogP contribution is -2.54. The van der Waals surface area contributed by atoms with Crippen molar-refractivity contribution in [1.29, 1.82) is 0 Å². The Morgan fingerprint density at radius 3 is 2.14 bits per heavy atom. The molecule has 1 saturated heterocycles. The molecule has 0 radical (unpaired) electrons. The summed E-state index contributed by atoms with van der Waals surface area (Å²) in [4.78, 5) is 39.4. The summed E-state index contributed by atoms with van der Waals surface area (Å²) in [6.07, 6.45) is 1.38. The van der Waals surface area contributed by atoms with Crippen LogP contribution in [0.1, 0.15) is 50.9 Å². The van der Waals surface area contributed by atoms with Gasteiger partial charge in [0.05, 0.1) is 0 Å². The zero-order valence-corrected chi connectivity index (χ0v) is 17.4. The number of likely N-dealkylation sites (tertiary alicyclic amines) is 1. The van der Waals surface area contributed by atoms with Gasteiger partial charge in [-0.3, -0.25) is 14.4 Å². The van der Waals surface area contributed by atoms with E-state index in [9.17, 15) is 14.4 Å². The van der Waals surface area contributed by atoms with Crippen LogP contribution in [0.3, 0.4) is 0 Å². The van der Waals surface area contributed by atoms with Crippen molar-refractivity contribution in [2.45, 2.75) is 46.6 Å². The van der Waals surface area contributed by atoms with Crippen molar-refractivity contribution >= 4 is 17.7 Å². The second-order valence-corrected chi connectivity index (χ2v) is 8.28. The van der Waals surface area contributed by atoms with E-state index in [2.05, 4.69) is 10.6 Å². The molecule has 6 heteroatoms. The molecule has 1 aliphatic heterocycles. The fraction of sp³-hybridized carbons (Fsp3) is 0.591. The summed E-state index contributed by atoms with van der Waals surface area (Å²) in [5, 5.41) is 5.88. The summed E-state index contributed by atoms with van der Waals surface area (Å²) in [6.45, 7) is 9.47. The molecule has 0 aromatic heterocycles. The number of carbonyl (C=O) groups excluding carboxylic acids is 3. The Morgan fingerprint density at radius 1 is 1.00 bits per heavy atom. The average molecular weight is 388 g/mol. The van der Waals surface area contributed by atoms with Crippen LogP contribution in [0, 0.1) is 17.8 Å². The van der Waals surface area contributed by atoms with Crippen LogP contribution in [0.2, 0.25) is 0 Å². The normalized spacial score (nSPS) is 16.1. The number of nitrogens with one attached hydrogen (secondary N) is 2. The number of rotatable bonds is 7. The summed E-state index contributed by atoms with van der Waals surface area (Å²) < 4.78 is 0. The van der Waals surface area contributed by atoms with E-state index in [1.165, 1.54) is 0 Å². The van der Waals surface area contributed by atoms with E-state index in [4.69, 9.17) is 0 Å². The number of amides is 3. The highest BCUT2D eigenvalue weighted by atomic mass is 16.2. The number of nitrogens with zero attached hydrogens (tertiary/aromatic N) is 1. The van der Waals surface area contributed by atoms with Gasteiger partial charge < -0.3 is 15.5 Å². The monoisotopic (exact) mass is 387 g/mol. The van der Waals surface area contributed by atoms with Crippen molar-refractivity contribution in [2.75, 3.05) is 19.6 Å². The average Bonchev–Trinajstić information content (AvgIpc) is 2.70. The number of hydrogen-bond donors (Lipinski definition) is 2. The highest BCUT2D eigenvalue weighted by molar-refractivity contribution is 5.94. The lowest BCUT2D eigenvalue weighted by atomic mass is 9.88. The first-order valence-electron chi connectivity index (χ1n) is 10.2. The van der Waals surface area contributed by atoms with Crippen LogP contribution in [-0.2, 0) is 9.59 Å². The van der Waals surface area contributed by atoms with Gasteiger partial charge in [0, 0.05) is 31.1 Å². The molecule has 1 heterocycles. The lowest BCUT2D eigenvalue weighted by molar-refractivity contribution is -0.132. The van der Waals surface area contributed by atoms with E-state index in [0.717, 1.165) is 0 Å². The number of hydrogen-bond acceptors (Lipinski definition) is 3. The highest BCUT2D eigenvalue weighted by Gasteiger charge is 2.34. The molecular formula is C22H33N3O3. The van der Waals surface area contributed by atoms with Gasteiger partial charge in [0.2, 0.25) is 11.8 Å². The molecule has 154 valence electrons. The van der Waals surface area contributed by atoms with Gasteiger partial charge in [-0.15, -0.1) is 0 Å². The maximum absolute atomic E-state index is 12.7. The topological polar surface area (TPSA) is 78.5 Å². The fourth-order valence-electron chi connectivity index (χ4n) is 3.33. The molecule has 2 rings (SSSR count). The molecular weight excluding hydrogens is 354 g/mol. The van der Waals surface area contributed by atoms with Crippen molar-refractivity contribution in [3.05, 3.63) is 35.9 Å². The molecule has 1 aromatic rings. The summed E-state index contributed by atoms with van der Waals surface area (Å²) in [7, 11) is 0. The molecule has 1 unspecified atom stereocenters. The molecule has 0 aliphatic carbocycles. The smallest absolute Gasteiger partial charge is 0.253 e. The summed E-state index contributed by atoms with van der Waals surface area (Å²) in [6, 6.07) is 8.69. The molecule has 1 aliphatic rings. The minimum Gasteiger partial charge on any atom is -0.354 e. The number of benzene rings is 1. The van der Waals surface area contributed by atoms with Crippen LogP contribution >= 0.6 is 0 Å². The molecule has 0 spiro atoms. The quantitative estimate of drug-likeness (QED) is 0.754. The summed E-state index contributed by atoms with van der Waals surface area (Å²) >= 11 is 0. The Labute approximate surface area is 168 Å². The largest absolute Gasteiger partial charge is 0.354 e. The predicted octanol–water partition coefficient (Wildman–Crippen LogP) is 2.45. The van der Waals surface area contributed by atoms with Gasteiger partial charge >= 0.3 is 0 Å². The molecule has 1 atom stereocenters. The Hall–Kier alpha value is -2.37. The predicted molar refractivity (Wildman–Crippen MR) is 110 cm³/mol. The highest BCUT2D eigenvalue weighted by Crippen LogP contribution is 2.23. The van der Waals surface area contributed by atoms with Gasteiger partial charge in [0.1, 0.15) is 6.04 Å². The van der Waals surface area contributed by atoms with Gasteiger partial charge in [-0.05, 0) is 36.8 Å². The first-order chi connectivity index (χ1) is 13.3. The van der Waals surface area contributed by atoms with Crippen LogP contribution in [0.4, 0.5) is 0 Å². The third-order valence-corrected chi connectivity index (χ3v) is 5.11. The van der Waals surface area contributed by atoms with E-state index in [1.807, 2.05) is 62.9 Å². The van der Waals surface area contributed by atoms with E-state index in [0.29, 0.717) is 44.0 Å². The Kier molecular flexibility index (Phi) is 8.03. The maximum atomic E-state index is 12.7. The second-order valence-electron chi connectivity index (χ2n) is 8.28. The van der Waals surface area contributed by atoms with Gasteiger partial charge in [0.15, 0.2) is 0 Å². The van der Waals surface area contributed by atoms with Crippen molar-refractivity contribution in [1.82, 2.24) is 15.5 Å². The molecule has 2 N–H and O–H groups in total. The second kappa shape index (κ2) is 10.2. The van der Waals surface area contributed by atoms with Gasteiger partial charge in [-0.25, -0.2) is 0 Å². The van der Waals surface area contributed by atoms with Crippen molar-refractivity contribution < 1.29 is 14.4 Å². The van der Waals surface area contributed by atoms with Crippen LogP contribution < -0.4 is 10.6 Å². The van der Waals surface area contributed by atoms with E-state index in [-0.39, 0.29) is 29.6 Å². The van der Waals surface area contributed by atoms with Crippen LogP contribution in [-0.4, -0.2) is 48.3 Å². The third kappa shape index (κ3) is 6.08. The maximum Gasteiger partial charge on any atom is 0.253 e. The third-order valence-electron chi connectivity index (χ3n) is 5.11. The van der Waals surface area contributed by atoms with Crippen LogP contribution in [0.5, 0.6) is 0 Å². The number of piperidine rings is 1. The Bertz CT molecular complexity index is 665. The molecule has 0 saturated carbocycles. The van der Waals surface area contributed by atoms with Gasteiger partial charge in [-0.1, -0.05) is 45.9 Å². The van der Waals surface area contributed by atoms with E-state index in [1.54, 1.807) is 0 Å². The zero-order valence-electron chi connectivity index (χ0n) is 17.4. The van der Waals surface area contributed by atoms with Crippen molar-refractivity contribution in [2.24, 2.45) is 17.8 Å². The minimum atomic E-state index is -0.553. The van der Waals surface area contributed by atoms with Crippen LogP contribution in [0.15, 0.2) is 30.3 Å². The van der Waals surface area contributed by atoms with Crippen molar-refractivity contribution in [3.63, 3.8) is 0 Å². The Morgan fingerprint density at radius 2 is 1.61 bits per heavy atom. The summed E-state index contributed by atoms with van der Waals surface area (Å²) in [5.41, 5.74) is 0.681. The lowest BCUT2D eigenvalue weighted by Gasteiger charge is -2.36. The molecule has 1 aromatic carbocycles. The SMILES string of the molecule is CC(C)CNC(=O)C(NC(=O)C(C)C)C1CCN(C(=O)c2ccccc2)CC1. The zero-order chi connectivity index (χ0) is 20.7. The standard InChI is InChI=1S/C22H33N3O3/c1-15(2)14-23-21(27)19(24-20(26)16(3)4)17-10-12-25(13-11-17)22(28)18-8-6-5-7-9-18/h5-9,15-17,19H,10-14H2,1-4H3,(H,23,27)(H,24,26). The first kappa shape index (κ1) is 21.9. The van der Waals surface area contributed by atoms with E-state index >= 15 is 0 Å². The molecule has 1 fully saturated rings. The first-order valence-corrected chi connectivity index (χ1v) is 10.2.